The lowest BCUT2D eigenvalue weighted by Gasteiger charge is -2.24. The summed E-state index contributed by atoms with van der Waals surface area (Å²) in [5.41, 5.74) is 3.16. The summed E-state index contributed by atoms with van der Waals surface area (Å²) in [6.07, 6.45) is 4.57. The van der Waals surface area contributed by atoms with Gasteiger partial charge in [-0.3, -0.25) is 4.79 Å². The van der Waals surface area contributed by atoms with Crippen LogP contribution in [-0.2, 0) is 6.42 Å². The van der Waals surface area contributed by atoms with Crippen molar-refractivity contribution >= 4 is 23.4 Å². The average molecular weight is 290 g/mol. The van der Waals surface area contributed by atoms with E-state index in [2.05, 4.69) is 23.6 Å². The van der Waals surface area contributed by atoms with Crippen molar-refractivity contribution in [2.75, 3.05) is 24.2 Å². The number of amides is 1. The first-order valence-corrected chi connectivity index (χ1v) is 8.44. The fourth-order valence-electron chi connectivity index (χ4n) is 3.06. The molecule has 0 aliphatic carbocycles. The quantitative estimate of drug-likeness (QED) is 0.899. The first-order valence-electron chi connectivity index (χ1n) is 7.46. The fraction of sp³-hybridized carbons (Fsp3) is 0.562. The maximum atomic E-state index is 12.5. The number of carbonyl (C=O) groups excluding carboxylic acids is 1. The average Bonchev–Trinajstić information content (AvgIpc) is 2.91. The van der Waals surface area contributed by atoms with Crippen LogP contribution in [0.4, 0.5) is 5.69 Å². The number of anilines is 1. The number of thioether (sulfide) groups is 1. The Morgan fingerprint density at radius 2 is 2.35 bits per heavy atom. The number of benzene rings is 1. The molecule has 0 radical (unpaired) electrons. The van der Waals surface area contributed by atoms with Gasteiger partial charge in [0.05, 0.1) is 0 Å². The molecule has 1 saturated heterocycles. The highest BCUT2D eigenvalue weighted by molar-refractivity contribution is 8.00. The highest BCUT2D eigenvalue weighted by Gasteiger charge is 2.30. The van der Waals surface area contributed by atoms with Gasteiger partial charge in [-0.15, -0.1) is 0 Å². The molecule has 0 saturated carbocycles. The molecule has 1 aromatic rings. The molecule has 2 aliphatic heterocycles. The Hall–Kier alpha value is -1.16. The van der Waals surface area contributed by atoms with Crippen LogP contribution in [0.15, 0.2) is 18.2 Å². The molecule has 3 rings (SSSR count). The van der Waals surface area contributed by atoms with Crippen LogP contribution in [0.2, 0.25) is 0 Å². The minimum Gasteiger partial charge on any atom is -0.385 e. The second-order valence-electron chi connectivity index (χ2n) is 5.95. The molecule has 108 valence electrons. The van der Waals surface area contributed by atoms with E-state index in [1.165, 1.54) is 24.2 Å². The first kappa shape index (κ1) is 13.8. The summed E-state index contributed by atoms with van der Waals surface area (Å²) in [7, 11) is 0. The van der Waals surface area contributed by atoms with Gasteiger partial charge in [0.25, 0.3) is 5.91 Å². The third-order valence-electron chi connectivity index (χ3n) is 4.26. The predicted molar refractivity (Wildman–Crippen MR) is 85.7 cm³/mol. The van der Waals surface area contributed by atoms with Crippen molar-refractivity contribution in [2.45, 2.75) is 37.4 Å². The molecule has 2 aliphatic rings. The Labute approximate surface area is 124 Å². The third kappa shape index (κ3) is 2.80. The van der Waals surface area contributed by atoms with Crippen LogP contribution in [0.3, 0.4) is 0 Å². The standard InChI is InChI=1S/C16H22N2OS/c1-16(8-4-10-20-16)11-18-15(19)13-5-2-7-14-12(13)6-3-9-17-14/h2,5,7,17H,3-4,6,8-11H2,1H3,(H,18,19). The lowest BCUT2D eigenvalue weighted by molar-refractivity contribution is 0.0949. The second kappa shape index (κ2) is 5.68. The maximum absolute atomic E-state index is 12.5. The lowest BCUT2D eigenvalue weighted by Crippen LogP contribution is -2.37. The Morgan fingerprint density at radius 3 is 3.15 bits per heavy atom. The van der Waals surface area contributed by atoms with Crippen molar-refractivity contribution < 1.29 is 4.79 Å². The molecule has 1 aromatic carbocycles. The lowest BCUT2D eigenvalue weighted by atomic mass is 9.97. The summed E-state index contributed by atoms with van der Waals surface area (Å²) < 4.78 is 0.225. The fourth-order valence-corrected chi connectivity index (χ4v) is 4.31. The van der Waals surface area contributed by atoms with Crippen LogP contribution in [0.1, 0.15) is 42.1 Å². The normalized spacial score (nSPS) is 24.9. The van der Waals surface area contributed by atoms with Crippen molar-refractivity contribution in [3.05, 3.63) is 29.3 Å². The van der Waals surface area contributed by atoms with Gasteiger partial charge in [-0.05, 0) is 56.1 Å². The molecule has 2 N–H and O–H groups in total. The van der Waals surface area contributed by atoms with Gasteiger partial charge in [0, 0.05) is 29.1 Å². The number of rotatable bonds is 3. The molecule has 1 amide bonds. The van der Waals surface area contributed by atoms with Crippen molar-refractivity contribution in [2.24, 2.45) is 0 Å². The van der Waals surface area contributed by atoms with Crippen LogP contribution in [-0.4, -0.2) is 29.5 Å². The summed E-state index contributed by atoms with van der Waals surface area (Å²) in [5.74, 6) is 1.30. The molecule has 1 atom stereocenters. The van der Waals surface area contributed by atoms with Gasteiger partial charge < -0.3 is 10.6 Å². The Morgan fingerprint density at radius 1 is 1.45 bits per heavy atom. The molecule has 4 heteroatoms. The topological polar surface area (TPSA) is 41.1 Å². The van der Waals surface area contributed by atoms with E-state index in [9.17, 15) is 4.79 Å². The first-order chi connectivity index (χ1) is 9.68. The van der Waals surface area contributed by atoms with Crippen LogP contribution in [0.25, 0.3) is 0 Å². The van der Waals surface area contributed by atoms with Crippen LogP contribution < -0.4 is 10.6 Å². The van der Waals surface area contributed by atoms with Crippen molar-refractivity contribution in [3.8, 4) is 0 Å². The highest BCUT2D eigenvalue weighted by atomic mass is 32.2. The van der Waals surface area contributed by atoms with Gasteiger partial charge in [0.2, 0.25) is 0 Å². The summed E-state index contributed by atoms with van der Waals surface area (Å²) >= 11 is 1.98. The van der Waals surface area contributed by atoms with Gasteiger partial charge in [0.1, 0.15) is 0 Å². The van der Waals surface area contributed by atoms with E-state index in [1.54, 1.807) is 0 Å². The van der Waals surface area contributed by atoms with Crippen LogP contribution in [0, 0.1) is 0 Å². The summed E-state index contributed by atoms with van der Waals surface area (Å²) in [4.78, 5) is 12.5. The van der Waals surface area contributed by atoms with Gasteiger partial charge in [-0.2, -0.15) is 11.8 Å². The molecular formula is C16H22N2OS. The Bertz CT molecular complexity index is 509. The number of fused-ring (bicyclic) bond motifs is 1. The number of carbonyl (C=O) groups is 1. The molecule has 2 heterocycles. The molecular weight excluding hydrogens is 268 g/mol. The van der Waals surface area contributed by atoms with Gasteiger partial charge in [-0.1, -0.05) is 6.07 Å². The SMILES string of the molecule is CC1(CNC(=O)c2cccc3c2CCCN3)CCCS1. The van der Waals surface area contributed by atoms with E-state index in [0.29, 0.717) is 0 Å². The zero-order valence-corrected chi connectivity index (χ0v) is 12.8. The molecule has 3 nitrogen and oxygen atoms in total. The Balaban J connectivity index is 1.71. The van der Waals surface area contributed by atoms with Crippen molar-refractivity contribution in [1.29, 1.82) is 0 Å². The summed E-state index contributed by atoms with van der Waals surface area (Å²) in [6.45, 7) is 4.04. The molecule has 0 aromatic heterocycles. The van der Waals surface area contributed by atoms with E-state index in [0.717, 1.165) is 37.2 Å². The zero-order valence-electron chi connectivity index (χ0n) is 12.0. The predicted octanol–water partition coefficient (Wildman–Crippen LogP) is 3.06. The minimum atomic E-state index is 0.0827. The van der Waals surface area contributed by atoms with Crippen LogP contribution >= 0.6 is 11.8 Å². The number of hydrogen-bond donors (Lipinski definition) is 2. The van der Waals surface area contributed by atoms with E-state index >= 15 is 0 Å². The van der Waals surface area contributed by atoms with Gasteiger partial charge >= 0.3 is 0 Å². The van der Waals surface area contributed by atoms with Crippen molar-refractivity contribution in [1.82, 2.24) is 5.32 Å². The second-order valence-corrected chi connectivity index (χ2v) is 7.63. The van der Waals surface area contributed by atoms with Gasteiger partial charge in [-0.25, -0.2) is 0 Å². The number of nitrogens with one attached hydrogen (secondary N) is 2. The number of hydrogen-bond acceptors (Lipinski definition) is 3. The monoisotopic (exact) mass is 290 g/mol. The molecule has 20 heavy (non-hydrogen) atoms. The molecule has 0 spiro atoms. The van der Waals surface area contributed by atoms with E-state index < -0.39 is 0 Å². The zero-order chi connectivity index (χ0) is 14.0. The van der Waals surface area contributed by atoms with Crippen LogP contribution in [0.5, 0.6) is 0 Å². The molecule has 1 unspecified atom stereocenters. The maximum Gasteiger partial charge on any atom is 0.251 e. The summed E-state index contributed by atoms with van der Waals surface area (Å²) in [6, 6.07) is 5.99. The van der Waals surface area contributed by atoms with Crippen molar-refractivity contribution in [3.63, 3.8) is 0 Å². The van der Waals surface area contributed by atoms with E-state index in [4.69, 9.17) is 0 Å². The van der Waals surface area contributed by atoms with Gasteiger partial charge in [0.15, 0.2) is 0 Å². The molecule has 1 fully saturated rings. The summed E-state index contributed by atoms with van der Waals surface area (Å²) in [5, 5.41) is 6.52. The smallest absolute Gasteiger partial charge is 0.251 e. The molecule has 0 bridgehead atoms. The minimum absolute atomic E-state index is 0.0827. The Kier molecular flexibility index (Phi) is 3.92. The largest absolute Gasteiger partial charge is 0.385 e. The van der Waals surface area contributed by atoms with E-state index in [1.807, 2.05) is 23.9 Å². The highest BCUT2D eigenvalue weighted by Crippen LogP contribution is 2.37. The van der Waals surface area contributed by atoms with E-state index in [-0.39, 0.29) is 10.7 Å². The third-order valence-corrected chi connectivity index (χ3v) is 5.80.